The van der Waals surface area contributed by atoms with Gasteiger partial charge >= 0.3 is 0 Å². The molecule has 3 heterocycles. The second kappa shape index (κ2) is 5.09. The number of rotatable bonds is 2. The molecule has 2 aliphatic rings. The molecule has 2 aliphatic heterocycles. The summed E-state index contributed by atoms with van der Waals surface area (Å²) < 4.78 is 5.31. The molecule has 6 nitrogen and oxygen atoms in total. The molecular weight excluding hydrogens is 294 g/mol. The maximum Gasteiger partial charge on any atom is 0.246 e. The molecule has 0 bridgehead atoms. The number of aromatic amines is 1. The summed E-state index contributed by atoms with van der Waals surface area (Å²) in [7, 11) is 3.23. The Hall–Kier alpha value is -2.34. The van der Waals surface area contributed by atoms with Crippen LogP contribution in [0.5, 0.6) is 5.75 Å². The van der Waals surface area contributed by atoms with Crippen molar-refractivity contribution in [2.75, 3.05) is 20.7 Å². The molecular formula is C17H19N3O3. The first-order valence-electron chi connectivity index (χ1n) is 7.80. The Morgan fingerprint density at radius 2 is 2.13 bits per heavy atom. The van der Waals surface area contributed by atoms with Gasteiger partial charge in [-0.15, -0.1) is 0 Å². The van der Waals surface area contributed by atoms with Crippen LogP contribution in [0.3, 0.4) is 0 Å². The average molecular weight is 313 g/mol. The van der Waals surface area contributed by atoms with Crippen LogP contribution in [0.15, 0.2) is 18.2 Å². The molecule has 1 saturated heterocycles. The number of H-pyrrole nitrogens is 1. The number of carbonyl (C=O) groups excluding carboxylic acids is 2. The van der Waals surface area contributed by atoms with Crippen molar-refractivity contribution >= 4 is 22.7 Å². The minimum atomic E-state index is -0.318. The van der Waals surface area contributed by atoms with E-state index in [1.807, 2.05) is 12.1 Å². The van der Waals surface area contributed by atoms with Crippen molar-refractivity contribution < 1.29 is 14.3 Å². The number of likely N-dealkylation sites (tertiary alicyclic amines) is 1. The summed E-state index contributed by atoms with van der Waals surface area (Å²) in [6.45, 7) is 1.46. The van der Waals surface area contributed by atoms with Gasteiger partial charge in [0.15, 0.2) is 0 Å². The fourth-order valence-corrected chi connectivity index (χ4v) is 3.66. The van der Waals surface area contributed by atoms with E-state index in [0.29, 0.717) is 13.0 Å². The van der Waals surface area contributed by atoms with E-state index in [2.05, 4.69) is 16.0 Å². The van der Waals surface area contributed by atoms with Gasteiger partial charge in [0.1, 0.15) is 5.75 Å². The summed E-state index contributed by atoms with van der Waals surface area (Å²) in [6, 6.07) is 5.70. The largest absolute Gasteiger partial charge is 0.497 e. The predicted octanol–water partition coefficient (Wildman–Crippen LogP) is 1.29. The first-order chi connectivity index (χ1) is 11.1. The normalized spacial score (nSPS) is 22.0. The molecule has 1 aromatic carbocycles. The number of hydrogen-bond acceptors (Lipinski definition) is 4. The van der Waals surface area contributed by atoms with E-state index in [4.69, 9.17) is 4.74 Å². The fraction of sp³-hybridized carbons (Fsp3) is 0.412. The molecule has 2 aromatic rings. The first-order valence-corrected chi connectivity index (χ1v) is 7.80. The third kappa shape index (κ3) is 2.13. The number of nitrogens with zero attached hydrogens (tertiary/aromatic N) is 2. The van der Waals surface area contributed by atoms with Crippen molar-refractivity contribution in [1.29, 1.82) is 0 Å². The average Bonchev–Trinajstić information content (AvgIpc) is 3.06. The van der Waals surface area contributed by atoms with Crippen LogP contribution in [-0.4, -0.2) is 53.3 Å². The van der Waals surface area contributed by atoms with Crippen LogP contribution in [-0.2, 0) is 22.6 Å². The molecule has 120 valence electrons. The molecule has 23 heavy (non-hydrogen) atoms. The summed E-state index contributed by atoms with van der Waals surface area (Å²) >= 11 is 0. The van der Waals surface area contributed by atoms with E-state index in [9.17, 15) is 9.59 Å². The van der Waals surface area contributed by atoms with Crippen LogP contribution in [0.4, 0.5) is 0 Å². The lowest BCUT2D eigenvalue weighted by atomic mass is 10.0. The predicted molar refractivity (Wildman–Crippen MR) is 85.1 cm³/mol. The topological polar surface area (TPSA) is 65.6 Å². The number of hydrogen-bond donors (Lipinski definition) is 1. The summed E-state index contributed by atoms with van der Waals surface area (Å²) in [5.41, 5.74) is 3.51. The van der Waals surface area contributed by atoms with E-state index in [0.717, 1.165) is 29.9 Å². The van der Waals surface area contributed by atoms with Gasteiger partial charge in [0.2, 0.25) is 11.8 Å². The van der Waals surface area contributed by atoms with Crippen molar-refractivity contribution in [1.82, 2.24) is 14.8 Å². The third-order valence-corrected chi connectivity index (χ3v) is 5.01. The summed E-state index contributed by atoms with van der Waals surface area (Å²) in [4.78, 5) is 30.8. The van der Waals surface area contributed by atoms with Crippen LogP contribution in [0, 0.1) is 0 Å². The fourth-order valence-electron chi connectivity index (χ4n) is 3.66. The molecule has 0 radical (unpaired) electrons. The van der Waals surface area contributed by atoms with Gasteiger partial charge in [-0.1, -0.05) is 0 Å². The Kier molecular flexibility index (Phi) is 3.16. The van der Waals surface area contributed by atoms with Crippen molar-refractivity contribution in [3.8, 4) is 5.75 Å². The molecule has 1 atom stereocenters. The third-order valence-electron chi connectivity index (χ3n) is 5.01. The number of amides is 2. The number of carbonyl (C=O) groups is 2. The van der Waals surface area contributed by atoms with Gasteiger partial charge in [-0.05, 0) is 30.2 Å². The number of imide groups is 1. The van der Waals surface area contributed by atoms with Crippen LogP contribution in [0.1, 0.15) is 17.7 Å². The molecule has 4 rings (SSSR count). The Morgan fingerprint density at radius 1 is 1.30 bits per heavy atom. The zero-order valence-corrected chi connectivity index (χ0v) is 13.3. The van der Waals surface area contributed by atoms with Crippen LogP contribution in [0.25, 0.3) is 10.9 Å². The van der Waals surface area contributed by atoms with Gasteiger partial charge in [0, 0.05) is 36.7 Å². The SMILES string of the molecule is COc1ccc2[nH]c3c(c2c1)CCN([C@@H]1CC(=O)N(C)C1=O)C3. The molecule has 0 saturated carbocycles. The molecule has 0 unspecified atom stereocenters. The lowest BCUT2D eigenvalue weighted by Crippen LogP contribution is -2.43. The molecule has 2 amide bonds. The molecule has 1 N–H and O–H groups in total. The molecule has 0 aliphatic carbocycles. The quantitative estimate of drug-likeness (QED) is 0.849. The second-order valence-corrected chi connectivity index (χ2v) is 6.23. The first kappa shape index (κ1) is 14.3. The molecule has 1 fully saturated rings. The summed E-state index contributed by atoms with van der Waals surface area (Å²) in [5.74, 6) is 0.670. The highest BCUT2D eigenvalue weighted by Gasteiger charge is 2.41. The van der Waals surface area contributed by atoms with E-state index >= 15 is 0 Å². The van der Waals surface area contributed by atoms with E-state index in [1.165, 1.54) is 15.8 Å². The maximum absolute atomic E-state index is 12.2. The lowest BCUT2D eigenvalue weighted by Gasteiger charge is -2.30. The van der Waals surface area contributed by atoms with Gasteiger partial charge < -0.3 is 9.72 Å². The van der Waals surface area contributed by atoms with Gasteiger partial charge in [-0.2, -0.15) is 0 Å². The van der Waals surface area contributed by atoms with Gasteiger partial charge in [0.05, 0.1) is 19.6 Å². The number of fused-ring (bicyclic) bond motifs is 3. The molecule has 1 aromatic heterocycles. The minimum absolute atomic E-state index is 0.0868. The Morgan fingerprint density at radius 3 is 2.83 bits per heavy atom. The Labute approximate surface area is 134 Å². The van der Waals surface area contributed by atoms with E-state index in [1.54, 1.807) is 14.2 Å². The minimum Gasteiger partial charge on any atom is -0.497 e. The number of nitrogens with one attached hydrogen (secondary N) is 1. The Balaban J connectivity index is 1.65. The highest BCUT2D eigenvalue weighted by molar-refractivity contribution is 6.05. The zero-order chi connectivity index (χ0) is 16.1. The number of benzene rings is 1. The zero-order valence-electron chi connectivity index (χ0n) is 13.3. The van der Waals surface area contributed by atoms with Crippen molar-refractivity contribution in [2.45, 2.75) is 25.4 Å². The summed E-state index contributed by atoms with van der Waals surface area (Å²) in [6.07, 6.45) is 1.16. The van der Waals surface area contributed by atoms with Gasteiger partial charge in [-0.25, -0.2) is 0 Å². The van der Waals surface area contributed by atoms with Crippen molar-refractivity contribution in [3.05, 3.63) is 29.5 Å². The smallest absolute Gasteiger partial charge is 0.246 e. The number of ether oxygens (including phenoxy) is 1. The highest BCUT2D eigenvalue weighted by atomic mass is 16.5. The highest BCUT2D eigenvalue weighted by Crippen LogP contribution is 2.32. The van der Waals surface area contributed by atoms with Crippen molar-refractivity contribution in [3.63, 3.8) is 0 Å². The van der Waals surface area contributed by atoms with E-state index in [-0.39, 0.29) is 17.9 Å². The number of methoxy groups -OCH3 is 1. The van der Waals surface area contributed by atoms with Crippen LogP contribution in [0.2, 0.25) is 0 Å². The van der Waals surface area contributed by atoms with Gasteiger partial charge in [-0.3, -0.25) is 19.4 Å². The number of likely N-dealkylation sites (N-methyl/N-ethyl adjacent to an activating group) is 1. The van der Waals surface area contributed by atoms with Gasteiger partial charge in [0.25, 0.3) is 0 Å². The van der Waals surface area contributed by atoms with Crippen LogP contribution < -0.4 is 4.74 Å². The standard InChI is InChI=1S/C17H19N3O3/c1-19-16(21)8-15(17(19)22)20-6-5-11-12-7-10(23-2)3-4-13(12)18-14(11)9-20/h3-4,7,15,18H,5-6,8-9H2,1-2H3/t15-/m1/s1. The Bertz CT molecular complexity index is 811. The summed E-state index contributed by atoms with van der Waals surface area (Å²) in [5, 5.41) is 1.19. The second-order valence-electron chi connectivity index (χ2n) is 6.23. The monoisotopic (exact) mass is 313 g/mol. The molecule has 0 spiro atoms. The lowest BCUT2D eigenvalue weighted by molar-refractivity contribution is -0.138. The maximum atomic E-state index is 12.2. The van der Waals surface area contributed by atoms with Crippen LogP contribution >= 0.6 is 0 Å². The number of aromatic nitrogens is 1. The molecule has 6 heteroatoms. The van der Waals surface area contributed by atoms with E-state index < -0.39 is 0 Å². The van der Waals surface area contributed by atoms with Crippen molar-refractivity contribution in [2.24, 2.45) is 0 Å².